The molecular weight excluding hydrogens is 262 g/mol. The van der Waals surface area contributed by atoms with Crippen molar-refractivity contribution < 1.29 is 19.5 Å². The predicted octanol–water partition coefficient (Wildman–Crippen LogP) is 0.291. The second kappa shape index (κ2) is 7.15. The number of carboxylic acid groups (broad SMARTS) is 1. The molecule has 1 amide bonds. The van der Waals surface area contributed by atoms with E-state index < -0.39 is 11.9 Å². The van der Waals surface area contributed by atoms with Crippen LogP contribution in [0.5, 0.6) is 0 Å². The number of carbonyl (C=O) groups excluding carboxylic acids is 2. The number of hydrazine groups is 1. The summed E-state index contributed by atoms with van der Waals surface area (Å²) < 4.78 is 0. The number of carboxylic acids is 1. The number of nitrogens with one attached hydrogen (secondary N) is 1. The third-order valence-corrected chi connectivity index (χ3v) is 2.81. The number of nitrogen functional groups attached to an aromatic ring is 1. The largest absolute Gasteiger partial charge is 0.481 e. The number of nitrogens with zero attached hydrogens (tertiary/aromatic N) is 1. The van der Waals surface area contributed by atoms with Crippen LogP contribution in [-0.4, -0.2) is 27.8 Å². The molecule has 0 aliphatic heterocycles. The molecule has 106 valence electrons. The van der Waals surface area contributed by atoms with E-state index in [0.29, 0.717) is 18.4 Å². The van der Waals surface area contributed by atoms with Crippen LogP contribution in [0.3, 0.4) is 0 Å². The molecule has 1 heterocycles. The van der Waals surface area contributed by atoms with E-state index >= 15 is 0 Å². The second-order valence-electron chi connectivity index (χ2n) is 4.09. The van der Waals surface area contributed by atoms with Crippen LogP contribution in [0.25, 0.3) is 0 Å². The number of aromatic nitrogens is 1. The van der Waals surface area contributed by atoms with Crippen molar-refractivity contribution in [2.24, 2.45) is 11.8 Å². The van der Waals surface area contributed by atoms with Gasteiger partial charge < -0.3 is 5.11 Å². The van der Waals surface area contributed by atoms with Gasteiger partial charge in [-0.25, -0.2) is 5.84 Å². The van der Waals surface area contributed by atoms with Gasteiger partial charge in [0.15, 0.2) is 5.78 Å². The summed E-state index contributed by atoms with van der Waals surface area (Å²) in [7, 11) is 0. The van der Waals surface area contributed by atoms with E-state index in [9.17, 15) is 14.4 Å². The Kier molecular flexibility index (Phi) is 5.55. The number of nitrogens with two attached hydrogens (primary N) is 1. The van der Waals surface area contributed by atoms with Crippen LogP contribution in [0.2, 0.25) is 0 Å². The van der Waals surface area contributed by atoms with Gasteiger partial charge in [0.05, 0.1) is 5.92 Å². The van der Waals surface area contributed by atoms with Crippen molar-refractivity contribution in [1.29, 1.82) is 0 Å². The zero-order chi connectivity index (χ0) is 15.1. The van der Waals surface area contributed by atoms with E-state index in [4.69, 9.17) is 10.9 Å². The quantitative estimate of drug-likeness (QED) is 0.309. The van der Waals surface area contributed by atoms with Crippen molar-refractivity contribution in [1.82, 2.24) is 10.4 Å². The second-order valence-corrected chi connectivity index (χ2v) is 4.09. The maximum Gasteiger partial charge on any atom is 0.311 e. The lowest BCUT2D eigenvalue weighted by molar-refractivity contribution is -0.140. The van der Waals surface area contributed by atoms with E-state index in [-0.39, 0.29) is 17.3 Å². The minimum atomic E-state index is -0.934. The van der Waals surface area contributed by atoms with Crippen molar-refractivity contribution in [3.8, 4) is 0 Å². The fourth-order valence-corrected chi connectivity index (χ4v) is 1.66. The molecule has 7 nitrogen and oxygen atoms in total. The lowest BCUT2D eigenvalue weighted by atomic mass is 10.1. The molecule has 2 rings (SSSR count). The van der Waals surface area contributed by atoms with E-state index in [0.717, 1.165) is 0 Å². The maximum absolute atomic E-state index is 10.7. The number of ketones is 1. The van der Waals surface area contributed by atoms with Crippen molar-refractivity contribution in [2.75, 3.05) is 0 Å². The highest BCUT2D eigenvalue weighted by molar-refractivity contribution is 6.02. The number of hydrogen-bond acceptors (Lipinski definition) is 5. The zero-order valence-electron chi connectivity index (χ0n) is 10.7. The molecule has 20 heavy (non-hydrogen) atoms. The number of amides is 1. The van der Waals surface area contributed by atoms with Crippen LogP contribution in [0.4, 0.5) is 0 Å². The van der Waals surface area contributed by atoms with Gasteiger partial charge in [0.2, 0.25) is 0 Å². The van der Waals surface area contributed by atoms with Crippen LogP contribution < -0.4 is 11.3 Å². The van der Waals surface area contributed by atoms with Crippen molar-refractivity contribution in [3.63, 3.8) is 0 Å². The molecule has 1 unspecified atom stereocenters. The molecule has 0 aromatic carbocycles. The van der Waals surface area contributed by atoms with Crippen LogP contribution in [0, 0.1) is 5.92 Å². The third-order valence-electron chi connectivity index (χ3n) is 2.81. The average molecular weight is 277 g/mol. The Morgan fingerprint density at radius 2 is 2.00 bits per heavy atom. The van der Waals surface area contributed by atoms with Crippen LogP contribution in [0.1, 0.15) is 23.2 Å². The van der Waals surface area contributed by atoms with Gasteiger partial charge in [-0.1, -0.05) is 6.58 Å². The highest BCUT2D eigenvalue weighted by Gasteiger charge is 2.31. The Hall–Kier alpha value is -2.54. The molecule has 0 radical (unpaired) electrons. The van der Waals surface area contributed by atoms with Gasteiger partial charge >= 0.3 is 5.97 Å². The number of aliphatic carboxylic acids is 1. The van der Waals surface area contributed by atoms with Crippen LogP contribution in [-0.2, 0) is 9.59 Å². The predicted molar refractivity (Wildman–Crippen MR) is 70.4 cm³/mol. The highest BCUT2D eigenvalue weighted by atomic mass is 16.4. The Morgan fingerprint density at radius 1 is 1.40 bits per heavy atom. The number of carbonyl (C=O) groups is 3. The monoisotopic (exact) mass is 277 g/mol. The molecule has 0 bridgehead atoms. The Morgan fingerprint density at radius 3 is 2.35 bits per heavy atom. The molecule has 1 aliphatic rings. The summed E-state index contributed by atoms with van der Waals surface area (Å²) >= 11 is 0. The molecule has 1 aliphatic carbocycles. The minimum absolute atomic E-state index is 0.104. The molecule has 1 aromatic heterocycles. The molecule has 0 spiro atoms. The normalized spacial score (nSPS) is 17.1. The van der Waals surface area contributed by atoms with Crippen molar-refractivity contribution >= 4 is 17.7 Å². The lowest BCUT2D eigenvalue weighted by Gasteiger charge is -2.00. The molecule has 1 fully saturated rings. The summed E-state index contributed by atoms with van der Waals surface area (Å²) in [6, 6.07) is 3.17. The van der Waals surface area contributed by atoms with Crippen LogP contribution in [0.15, 0.2) is 36.7 Å². The number of rotatable bonds is 2. The number of pyridine rings is 1. The first-order valence-electron chi connectivity index (χ1n) is 5.83. The summed E-state index contributed by atoms with van der Waals surface area (Å²) in [4.78, 5) is 35.6. The van der Waals surface area contributed by atoms with Gasteiger partial charge in [-0.15, -0.1) is 0 Å². The van der Waals surface area contributed by atoms with Gasteiger partial charge in [0.1, 0.15) is 0 Å². The molecule has 1 aromatic rings. The van der Waals surface area contributed by atoms with E-state index in [1.807, 2.05) is 5.43 Å². The molecule has 0 saturated heterocycles. The van der Waals surface area contributed by atoms with Gasteiger partial charge in [0, 0.05) is 30.0 Å². The first-order valence-corrected chi connectivity index (χ1v) is 5.83. The molecule has 1 saturated carbocycles. The fraction of sp³-hybridized carbons (Fsp3) is 0.231. The smallest absolute Gasteiger partial charge is 0.311 e. The first kappa shape index (κ1) is 15.5. The standard InChI is InChI=1S/C7H8O3.C6H7N3O/c1-4-5(7(9)10)2-3-6(4)8;7-9-6(10)5-1-3-8-4-2-5/h5H,1-3H2,(H,9,10);1-4H,7H2,(H,9,10). The Labute approximate surface area is 115 Å². The Bertz CT molecular complexity index is 528. The van der Waals surface area contributed by atoms with Gasteiger partial charge in [0.25, 0.3) is 5.91 Å². The summed E-state index contributed by atoms with van der Waals surface area (Å²) in [5.74, 6) is 2.92. The average Bonchev–Trinajstić information content (AvgIpc) is 2.80. The number of hydrogen-bond donors (Lipinski definition) is 3. The topological polar surface area (TPSA) is 122 Å². The molecule has 4 N–H and O–H groups in total. The Balaban J connectivity index is 0.000000200. The SMILES string of the molecule is C=C1C(=O)CCC1C(=O)O.NNC(=O)c1ccncc1. The van der Waals surface area contributed by atoms with Crippen LogP contribution >= 0.6 is 0 Å². The molecule has 7 heteroatoms. The maximum atomic E-state index is 10.7. The van der Waals surface area contributed by atoms with E-state index in [1.165, 1.54) is 12.4 Å². The molecule has 1 atom stereocenters. The van der Waals surface area contributed by atoms with Gasteiger partial charge in [-0.05, 0) is 18.6 Å². The number of Topliss-reactive ketones (excluding diaryl/α,β-unsaturated/α-hetero) is 1. The highest BCUT2D eigenvalue weighted by Crippen LogP contribution is 2.26. The molecular formula is C13H15N3O4. The fourth-order valence-electron chi connectivity index (χ4n) is 1.66. The third kappa shape index (κ3) is 3.99. The van der Waals surface area contributed by atoms with E-state index in [1.54, 1.807) is 12.1 Å². The lowest BCUT2D eigenvalue weighted by Crippen LogP contribution is -2.29. The minimum Gasteiger partial charge on any atom is -0.481 e. The van der Waals surface area contributed by atoms with Gasteiger partial charge in [-0.3, -0.25) is 24.8 Å². The zero-order valence-corrected chi connectivity index (χ0v) is 10.7. The summed E-state index contributed by atoms with van der Waals surface area (Å²) in [5, 5.41) is 8.49. The van der Waals surface area contributed by atoms with E-state index in [2.05, 4.69) is 11.6 Å². The summed E-state index contributed by atoms with van der Waals surface area (Å²) in [6.07, 6.45) is 3.83. The van der Waals surface area contributed by atoms with Gasteiger partial charge in [-0.2, -0.15) is 0 Å². The first-order chi connectivity index (χ1) is 9.47. The van der Waals surface area contributed by atoms with Crippen molar-refractivity contribution in [2.45, 2.75) is 12.8 Å². The summed E-state index contributed by atoms with van der Waals surface area (Å²) in [6.45, 7) is 3.41. The summed E-state index contributed by atoms with van der Waals surface area (Å²) in [5.41, 5.74) is 2.78. The van der Waals surface area contributed by atoms with Crippen molar-refractivity contribution in [3.05, 3.63) is 42.2 Å².